The maximum absolute atomic E-state index is 11.7. The number of aliphatic hydroxyl groups excluding tert-OH is 1. The van der Waals surface area contributed by atoms with Crippen LogP contribution in [-0.4, -0.2) is 23.7 Å². The van der Waals surface area contributed by atoms with Gasteiger partial charge in [0.1, 0.15) is 0 Å². The molecule has 2 N–H and O–H groups in total. The number of hydrogen-bond donors (Lipinski definition) is 2. The predicted molar refractivity (Wildman–Crippen MR) is 74.4 cm³/mol. The summed E-state index contributed by atoms with van der Waals surface area (Å²) in [6, 6.07) is 7.36. The molecule has 4 heteroatoms. The predicted octanol–water partition coefficient (Wildman–Crippen LogP) is 2.63. The van der Waals surface area contributed by atoms with Gasteiger partial charge in [-0.25, -0.2) is 0 Å². The number of hydrogen-bond acceptors (Lipinski definition) is 2. The molecular weight excluding hydrogens is 250 g/mol. The molecule has 18 heavy (non-hydrogen) atoms. The Morgan fingerprint density at radius 1 is 1.50 bits per heavy atom. The summed E-state index contributed by atoms with van der Waals surface area (Å²) in [5.41, 5.74) is 1.41. The minimum absolute atomic E-state index is 0.143. The monoisotopic (exact) mass is 267 g/mol. The summed E-state index contributed by atoms with van der Waals surface area (Å²) in [7, 11) is 0. The minimum atomic E-state index is -0.404. The average Bonchev–Trinajstić information content (AvgIpc) is 2.31. The van der Waals surface area contributed by atoms with Gasteiger partial charge >= 0.3 is 0 Å². The van der Waals surface area contributed by atoms with Gasteiger partial charge in [-0.3, -0.25) is 4.79 Å². The van der Waals surface area contributed by atoms with Crippen LogP contribution in [0.15, 0.2) is 29.8 Å². The van der Waals surface area contributed by atoms with Crippen LogP contribution in [0.4, 0.5) is 0 Å². The highest BCUT2D eigenvalue weighted by Gasteiger charge is 2.05. The first-order chi connectivity index (χ1) is 8.50. The van der Waals surface area contributed by atoms with Gasteiger partial charge in [-0.15, -0.1) is 0 Å². The standard InChI is InChI=1S/C14H18ClNO2/c1-10(14(18)16-8-7-11(2)17)9-12-5-3-4-6-13(12)15/h3-6,9,11,17H,7-8H2,1-2H3,(H,16,18)/b10-9+. The second-order valence-corrected chi connectivity index (χ2v) is 4.65. The molecule has 0 spiro atoms. The van der Waals surface area contributed by atoms with Crippen LogP contribution in [0.2, 0.25) is 5.02 Å². The molecule has 1 unspecified atom stereocenters. The Labute approximate surface area is 112 Å². The lowest BCUT2D eigenvalue weighted by Crippen LogP contribution is -2.27. The van der Waals surface area contributed by atoms with Crippen molar-refractivity contribution in [1.29, 1.82) is 0 Å². The molecule has 0 aromatic heterocycles. The molecule has 0 aliphatic rings. The molecule has 1 rings (SSSR count). The maximum Gasteiger partial charge on any atom is 0.246 e. The van der Waals surface area contributed by atoms with Gasteiger partial charge in [0.25, 0.3) is 0 Å². The number of amides is 1. The smallest absolute Gasteiger partial charge is 0.246 e. The Morgan fingerprint density at radius 3 is 2.78 bits per heavy atom. The molecule has 0 saturated carbocycles. The lowest BCUT2D eigenvalue weighted by molar-refractivity contribution is -0.117. The van der Waals surface area contributed by atoms with Crippen molar-refractivity contribution in [2.45, 2.75) is 26.4 Å². The van der Waals surface area contributed by atoms with Crippen molar-refractivity contribution in [2.75, 3.05) is 6.54 Å². The van der Waals surface area contributed by atoms with E-state index in [-0.39, 0.29) is 5.91 Å². The topological polar surface area (TPSA) is 49.3 Å². The van der Waals surface area contributed by atoms with E-state index in [1.807, 2.05) is 18.2 Å². The van der Waals surface area contributed by atoms with Crippen LogP contribution in [0, 0.1) is 0 Å². The molecule has 1 aromatic rings. The number of halogens is 1. The summed E-state index contributed by atoms with van der Waals surface area (Å²) in [4.78, 5) is 11.7. The molecular formula is C14H18ClNO2. The summed E-state index contributed by atoms with van der Waals surface area (Å²) < 4.78 is 0. The largest absolute Gasteiger partial charge is 0.393 e. The highest BCUT2D eigenvalue weighted by molar-refractivity contribution is 6.32. The Kier molecular flexibility index (Phi) is 5.89. The van der Waals surface area contributed by atoms with Crippen molar-refractivity contribution in [2.24, 2.45) is 0 Å². The Morgan fingerprint density at radius 2 is 2.17 bits per heavy atom. The van der Waals surface area contributed by atoms with Gasteiger partial charge in [-0.1, -0.05) is 29.8 Å². The lowest BCUT2D eigenvalue weighted by atomic mass is 10.1. The van der Waals surface area contributed by atoms with Crippen molar-refractivity contribution < 1.29 is 9.90 Å². The van der Waals surface area contributed by atoms with Crippen molar-refractivity contribution in [3.8, 4) is 0 Å². The molecule has 3 nitrogen and oxygen atoms in total. The van der Waals surface area contributed by atoms with Gasteiger partial charge in [-0.05, 0) is 38.0 Å². The van der Waals surface area contributed by atoms with E-state index in [0.29, 0.717) is 23.6 Å². The number of aliphatic hydroxyl groups is 1. The quantitative estimate of drug-likeness (QED) is 0.806. The van der Waals surface area contributed by atoms with Gasteiger partial charge in [0.15, 0.2) is 0 Å². The zero-order valence-corrected chi connectivity index (χ0v) is 11.4. The first kappa shape index (κ1) is 14.7. The highest BCUT2D eigenvalue weighted by Crippen LogP contribution is 2.17. The second kappa shape index (κ2) is 7.19. The fraction of sp³-hybridized carbons (Fsp3) is 0.357. The van der Waals surface area contributed by atoms with Crippen LogP contribution in [0.3, 0.4) is 0 Å². The summed E-state index contributed by atoms with van der Waals surface area (Å²) in [6.07, 6.45) is 1.89. The maximum atomic E-state index is 11.7. The van der Waals surface area contributed by atoms with Crippen molar-refractivity contribution in [3.63, 3.8) is 0 Å². The number of benzene rings is 1. The van der Waals surface area contributed by atoms with Crippen molar-refractivity contribution in [1.82, 2.24) is 5.32 Å². The minimum Gasteiger partial charge on any atom is -0.393 e. The van der Waals surface area contributed by atoms with E-state index in [2.05, 4.69) is 5.32 Å². The first-order valence-corrected chi connectivity index (χ1v) is 6.27. The Bertz CT molecular complexity index is 441. The zero-order chi connectivity index (χ0) is 13.5. The molecule has 0 heterocycles. The first-order valence-electron chi connectivity index (χ1n) is 5.90. The third-order valence-electron chi connectivity index (χ3n) is 2.48. The van der Waals surface area contributed by atoms with Crippen LogP contribution in [-0.2, 0) is 4.79 Å². The van der Waals surface area contributed by atoms with E-state index in [1.54, 1.807) is 26.0 Å². The molecule has 0 radical (unpaired) electrons. The average molecular weight is 268 g/mol. The molecule has 0 saturated heterocycles. The van der Waals surface area contributed by atoms with Gasteiger partial charge in [0, 0.05) is 17.1 Å². The highest BCUT2D eigenvalue weighted by atomic mass is 35.5. The van der Waals surface area contributed by atoms with Crippen LogP contribution >= 0.6 is 11.6 Å². The van der Waals surface area contributed by atoms with Crippen LogP contribution in [0.25, 0.3) is 6.08 Å². The molecule has 0 bridgehead atoms. The summed E-state index contributed by atoms with van der Waals surface area (Å²) in [5, 5.41) is 12.5. The molecule has 1 atom stereocenters. The van der Waals surface area contributed by atoms with Gasteiger partial charge < -0.3 is 10.4 Å². The van der Waals surface area contributed by atoms with E-state index in [1.165, 1.54) is 0 Å². The molecule has 0 aliphatic carbocycles. The Balaban J connectivity index is 2.61. The third-order valence-corrected chi connectivity index (χ3v) is 2.83. The van der Waals surface area contributed by atoms with Crippen LogP contribution in [0.5, 0.6) is 0 Å². The Hall–Kier alpha value is -1.32. The fourth-order valence-corrected chi connectivity index (χ4v) is 1.62. The van der Waals surface area contributed by atoms with E-state index in [0.717, 1.165) is 5.56 Å². The van der Waals surface area contributed by atoms with Crippen molar-refractivity contribution >= 4 is 23.6 Å². The number of carbonyl (C=O) groups excluding carboxylic acids is 1. The lowest BCUT2D eigenvalue weighted by Gasteiger charge is -2.07. The second-order valence-electron chi connectivity index (χ2n) is 4.24. The number of carbonyl (C=O) groups is 1. The SMILES string of the molecule is C/C(=C\c1ccccc1Cl)C(=O)NCCC(C)O. The van der Waals surface area contributed by atoms with Crippen LogP contribution < -0.4 is 5.32 Å². The molecule has 0 aliphatic heterocycles. The van der Waals surface area contributed by atoms with Gasteiger partial charge in [0.2, 0.25) is 5.91 Å². The van der Waals surface area contributed by atoms with E-state index >= 15 is 0 Å². The normalized spacial score (nSPS) is 13.2. The van der Waals surface area contributed by atoms with Gasteiger partial charge in [0.05, 0.1) is 6.10 Å². The van der Waals surface area contributed by atoms with E-state index in [9.17, 15) is 4.79 Å². The summed E-state index contributed by atoms with van der Waals surface area (Å²) in [6.45, 7) is 3.89. The number of nitrogens with one attached hydrogen (secondary N) is 1. The van der Waals surface area contributed by atoms with Crippen LogP contribution in [0.1, 0.15) is 25.8 Å². The van der Waals surface area contributed by atoms with E-state index in [4.69, 9.17) is 16.7 Å². The third kappa shape index (κ3) is 4.90. The molecule has 1 aromatic carbocycles. The molecule has 0 fully saturated rings. The van der Waals surface area contributed by atoms with E-state index < -0.39 is 6.10 Å². The molecule has 1 amide bonds. The fourth-order valence-electron chi connectivity index (χ4n) is 1.42. The number of rotatable bonds is 5. The molecule has 98 valence electrons. The summed E-state index contributed by atoms with van der Waals surface area (Å²) in [5.74, 6) is -0.143. The van der Waals surface area contributed by atoms with Gasteiger partial charge in [-0.2, -0.15) is 0 Å². The zero-order valence-electron chi connectivity index (χ0n) is 10.6. The van der Waals surface area contributed by atoms with Crippen molar-refractivity contribution in [3.05, 3.63) is 40.4 Å². The summed E-state index contributed by atoms with van der Waals surface area (Å²) >= 11 is 6.01.